The van der Waals surface area contributed by atoms with Gasteiger partial charge in [0.05, 0.1) is 13.2 Å². The lowest BCUT2D eigenvalue weighted by Crippen LogP contribution is -2.29. The molecule has 0 amide bonds. The zero-order valence-electron chi connectivity index (χ0n) is 25.0. The smallest absolute Gasteiger partial charge is 0.303 e. The summed E-state index contributed by atoms with van der Waals surface area (Å²) in [6, 6.07) is 24.3. The second kappa shape index (κ2) is 18.4. The highest BCUT2D eigenvalue weighted by Gasteiger charge is 2.32. The summed E-state index contributed by atoms with van der Waals surface area (Å²) in [5.41, 5.74) is 7.45. The van der Waals surface area contributed by atoms with Crippen LogP contribution in [0.25, 0.3) is 0 Å². The number of carbonyl (C=O) groups excluding carboxylic acids is 1. The van der Waals surface area contributed by atoms with Crippen LogP contribution in [0, 0.1) is 0 Å². The maximum atomic E-state index is 10.5. The number of ether oxygens (including phenoxy) is 1. The second-order valence-electron chi connectivity index (χ2n) is 10.6. The number of aldehydes is 1. The molecule has 0 aromatic heterocycles. The van der Waals surface area contributed by atoms with Crippen LogP contribution in [0.5, 0.6) is 11.5 Å². The van der Waals surface area contributed by atoms with Gasteiger partial charge in [-0.05, 0) is 84.7 Å². The fraction of sp³-hybridized carbons (Fsp3) is 0.382. The summed E-state index contributed by atoms with van der Waals surface area (Å²) in [5.74, 6) is 0.0663. The molecule has 0 aliphatic heterocycles. The number of rotatable bonds is 16. The number of fused-ring (bicyclic) bond motifs is 1. The van der Waals surface area contributed by atoms with Gasteiger partial charge in [0.1, 0.15) is 24.4 Å². The first-order valence-corrected chi connectivity index (χ1v) is 14.8. The van der Waals surface area contributed by atoms with Crippen molar-refractivity contribution >= 4 is 18.2 Å². The van der Waals surface area contributed by atoms with Crippen molar-refractivity contribution in [3.8, 4) is 11.5 Å². The van der Waals surface area contributed by atoms with Crippen LogP contribution in [0.15, 0.2) is 72.8 Å². The zero-order chi connectivity index (χ0) is 31.7. The molecule has 10 heteroatoms. The van der Waals surface area contributed by atoms with Gasteiger partial charge >= 0.3 is 11.9 Å². The van der Waals surface area contributed by atoms with Gasteiger partial charge < -0.3 is 35.0 Å². The molecule has 0 heterocycles. The molecule has 1 aliphatic carbocycles. The van der Waals surface area contributed by atoms with E-state index in [-0.39, 0.29) is 25.2 Å². The summed E-state index contributed by atoms with van der Waals surface area (Å²) in [6.07, 6.45) is 3.62. The predicted octanol–water partition coefficient (Wildman–Crippen LogP) is 4.66. The van der Waals surface area contributed by atoms with Gasteiger partial charge in [-0.2, -0.15) is 5.48 Å². The van der Waals surface area contributed by atoms with E-state index in [1.807, 2.05) is 18.2 Å². The largest absolute Gasteiger partial charge is 0.508 e. The van der Waals surface area contributed by atoms with E-state index in [9.17, 15) is 19.5 Å². The van der Waals surface area contributed by atoms with Gasteiger partial charge in [0, 0.05) is 25.3 Å². The van der Waals surface area contributed by atoms with Gasteiger partial charge in [-0.1, -0.05) is 48.5 Å². The van der Waals surface area contributed by atoms with Gasteiger partial charge in [0.15, 0.2) is 0 Å². The first-order valence-electron chi connectivity index (χ1n) is 14.8. The lowest BCUT2D eigenvalue weighted by molar-refractivity contribution is -0.138. The molecule has 0 unspecified atom stereocenters. The van der Waals surface area contributed by atoms with E-state index >= 15 is 0 Å². The Bertz CT molecular complexity index is 1320. The summed E-state index contributed by atoms with van der Waals surface area (Å²) in [6.45, 7) is 1.88. The van der Waals surface area contributed by atoms with E-state index in [1.165, 1.54) is 29.4 Å². The van der Waals surface area contributed by atoms with Gasteiger partial charge in [0.25, 0.3) is 0 Å². The van der Waals surface area contributed by atoms with Crippen molar-refractivity contribution in [3.05, 3.63) is 95.1 Å². The topological polar surface area (TPSA) is 154 Å². The minimum absolute atomic E-state index is 0.0419. The zero-order valence-corrected chi connectivity index (χ0v) is 25.0. The molecule has 1 aliphatic rings. The molecule has 236 valence electrons. The standard InChI is InChI=1S/C28H31NO4.C6H11NO4/c30-23-11-15-26-22(19-23)10-14-25(20-5-2-1-3-6-20)28(26)21-8-12-24(13-9-21)33-18-17-29-16-4-7-27(31)32;1-11-7-5(4-8)2-3-6(9)10/h1-3,5-6,8-9,11-13,15,19,25,28-30H,4,7,10,14,16-18H2,(H,31,32);4-5,7H,2-3H2,1H3,(H,9,10)/t25-,28+;5-/m11/s1. The Labute approximate surface area is 258 Å². The molecule has 0 radical (unpaired) electrons. The third-order valence-electron chi connectivity index (χ3n) is 7.45. The summed E-state index contributed by atoms with van der Waals surface area (Å²) >= 11 is 0. The van der Waals surface area contributed by atoms with Crippen LogP contribution in [0.2, 0.25) is 0 Å². The first-order chi connectivity index (χ1) is 21.3. The number of benzene rings is 3. The van der Waals surface area contributed by atoms with E-state index in [4.69, 9.17) is 14.9 Å². The van der Waals surface area contributed by atoms with Crippen molar-refractivity contribution in [2.24, 2.45) is 0 Å². The van der Waals surface area contributed by atoms with E-state index in [1.54, 1.807) is 6.07 Å². The number of aryl methyl sites for hydroxylation is 1. The number of nitrogens with one attached hydrogen (secondary N) is 2. The Hall–Kier alpha value is -4.25. The highest BCUT2D eigenvalue weighted by Crippen LogP contribution is 2.47. The maximum absolute atomic E-state index is 10.5. The van der Waals surface area contributed by atoms with Crippen LogP contribution in [0.3, 0.4) is 0 Å². The molecule has 0 saturated heterocycles. The van der Waals surface area contributed by atoms with Crippen LogP contribution >= 0.6 is 0 Å². The molecule has 3 aromatic carbocycles. The van der Waals surface area contributed by atoms with Crippen molar-refractivity contribution in [3.63, 3.8) is 0 Å². The molecule has 44 heavy (non-hydrogen) atoms. The Balaban J connectivity index is 0.000000411. The molecule has 3 aromatic rings. The van der Waals surface area contributed by atoms with E-state index in [0.29, 0.717) is 44.1 Å². The molecule has 10 nitrogen and oxygen atoms in total. The summed E-state index contributed by atoms with van der Waals surface area (Å²) < 4.78 is 5.86. The number of phenolic OH excluding ortho intramolecular Hbond substituents is 1. The van der Waals surface area contributed by atoms with Gasteiger partial charge in [-0.25, -0.2) is 0 Å². The fourth-order valence-electron chi connectivity index (χ4n) is 5.36. The number of phenols is 1. The molecule has 4 rings (SSSR count). The number of aliphatic carboxylic acids is 2. The monoisotopic (exact) mass is 606 g/mol. The highest BCUT2D eigenvalue weighted by atomic mass is 16.6. The van der Waals surface area contributed by atoms with Crippen molar-refractivity contribution < 1.29 is 39.3 Å². The van der Waals surface area contributed by atoms with E-state index < -0.39 is 18.0 Å². The number of carbonyl (C=O) groups is 3. The summed E-state index contributed by atoms with van der Waals surface area (Å²) in [4.78, 5) is 35.2. The first kappa shape index (κ1) is 34.2. The molecular formula is C34H42N2O8. The minimum Gasteiger partial charge on any atom is -0.508 e. The number of carboxylic acids is 2. The summed E-state index contributed by atoms with van der Waals surface area (Å²) in [5, 5.41) is 30.1. The Morgan fingerprint density at radius 2 is 1.68 bits per heavy atom. The maximum Gasteiger partial charge on any atom is 0.303 e. The van der Waals surface area contributed by atoms with Crippen molar-refractivity contribution in [2.75, 3.05) is 26.8 Å². The number of hydrogen-bond acceptors (Lipinski definition) is 8. The average molecular weight is 607 g/mol. The van der Waals surface area contributed by atoms with Crippen molar-refractivity contribution in [1.82, 2.24) is 10.8 Å². The van der Waals surface area contributed by atoms with Crippen LogP contribution in [0.4, 0.5) is 0 Å². The minimum atomic E-state index is -0.922. The molecule has 0 spiro atoms. The van der Waals surface area contributed by atoms with Crippen LogP contribution in [-0.4, -0.2) is 66.4 Å². The molecular weight excluding hydrogens is 564 g/mol. The fourth-order valence-corrected chi connectivity index (χ4v) is 5.36. The molecule has 0 fully saturated rings. The van der Waals surface area contributed by atoms with Gasteiger partial charge in [0.2, 0.25) is 0 Å². The third kappa shape index (κ3) is 11.1. The average Bonchev–Trinajstić information content (AvgIpc) is 3.03. The second-order valence-corrected chi connectivity index (χ2v) is 10.6. The quantitative estimate of drug-likeness (QED) is 0.0884. The molecule has 5 N–H and O–H groups in total. The van der Waals surface area contributed by atoms with Crippen LogP contribution in [-0.2, 0) is 25.6 Å². The predicted molar refractivity (Wildman–Crippen MR) is 166 cm³/mol. The number of carboxylic acid groups (broad SMARTS) is 2. The van der Waals surface area contributed by atoms with Crippen molar-refractivity contribution in [1.29, 1.82) is 0 Å². The SMILES string of the molecule is CON[C@@H](C=O)CCC(=O)O.O=C(O)CCCNCCOc1ccc([C@@H]2c3ccc(O)cc3CC[C@@H]2c2ccccc2)cc1. The normalized spacial score (nSPS) is 16.1. The Morgan fingerprint density at radius 3 is 2.34 bits per heavy atom. The summed E-state index contributed by atoms with van der Waals surface area (Å²) in [7, 11) is 1.37. The van der Waals surface area contributed by atoms with Crippen LogP contribution < -0.4 is 15.5 Å². The third-order valence-corrected chi connectivity index (χ3v) is 7.45. The van der Waals surface area contributed by atoms with Crippen LogP contribution in [0.1, 0.15) is 66.2 Å². The lowest BCUT2D eigenvalue weighted by atomic mass is 9.69. The van der Waals surface area contributed by atoms with Gasteiger partial charge in [-0.15, -0.1) is 0 Å². The Morgan fingerprint density at radius 1 is 0.955 bits per heavy atom. The van der Waals surface area contributed by atoms with Crippen molar-refractivity contribution in [2.45, 2.75) is 56.4 Å². The van der Waals surface area contributed by atoms with Gasteiger partial charge in [-0.3, -0.25) is 9.59 Å². The lowest BCUT2D eigenvalue weighted by Gasteiger charge is -2.34. The number of aromatic hydroxyl groups is 1. The molecule has 0 saturated carbocycles. The van der Waals surface area contributed by atoms with E-state index in [0.717, 1.165) is 18.6 Å². The Kier molecular flexibility index (Phi) is 14.3. The molecule has 0 bridgehead atoms. The highest BCUT2D eigenvalue weighted by molar-refractivity contribution is 5.68. The number of hydroxylamine groups is 1. The molecule has 3 atom stereocenters. The number of hydrogen-bond donors (Lipinski definition) is 5. The van der Waals surface area contributed by atoms with E-state index in [2.05, 4.69) is 64.2 Å².